The predicted octanol–water partition coefficient (Wildman–Crippen LogP) is 3.07. The first-order valence-corrected chi connectivity index (χ1v) is 6.66. The lowest BCUT2D eigenvalue weighted by Gasteiger charge is -2.18. The van der Waals surface area contributed by atoms with Gasteiger partial charge in [-0.15, -0.1) is 0 Å². The molecule has 92 valence electrons. The number of likely N-dealkylation sites (N-methyl/N-ethyl adjacent to an activating group) is 1. The van der Waals surface area contributed by atoms with Gasteiger partial charge in [0.05, 0.1) is 11.6 Å². The number of anilines is 1. The van der Waals surface area contributed by atoms with Crippen molar-refractivity contribution >= 4 is 21.6 Å². The van der Waals surface area contributed by atoms with Gasteiger partial charge in [0.1, 0.15) is 0 Å². The smallest absolute Gasteiger partial charge is 0.0992 e. The summed E-state index contributed by atoms with van der Waals surface area (Å²) in [4.78, 5) is 2.37. The summed E-state index contributed by atoms with van der Waals surface area (Å²) in [6.45, 7) is 8.42. The van der Waals surface area contributed by atoms with E-state index in [-0.39, 0.29) is 0 Å². The summed E-state index contributed by atoms with van der Waals surface area (Å²) in [7, 11) is 0. The van der Waals surface area contributed by atoms with Crippen LogP contribution in [0.3, 0.4) is 0 Å². The monoisotopic (exact) mass is 295 g/mol. The van der Waals surface area contributed by atoms with Crippen LogP contribution in [0.4, 0.5) is 5.69 Å². The molecule has 0 unspecified atom stereocenters. The highest BCUT2D eigenvalue weighted by molar-refractivity contribution is 9.10. The Morgan fingerprint density at radius 1 is 1.35 bits per heavy atom. The molecule has 1 N–H and O–H groups in total. The lowest BCUT2D eigenvalue weighted by molar-refractivity contribution is 0.316. The molecule has 1 rings (SSSR count). The zero-order valence-electron chi connectivity index (χ0n) is 10.3. The quantitative estimate of drug-likeness (QED) is 0.877. The maximum atomic E-state index is 8.77. The molecule has 0 aliphatic heterocycles. The van der Waals surface area contributed by atoms with E-state index >= 15 is 0 Å². The second-order valence-corrected chi connectivity index (χ2v) is 4.61. The summed E-state index contributed by atoms with van der Waals surface area (Å²) in [5.74, 6) is 0. The first kappa shape index (κ1) is 14.0. The minimum absolute atomic E-state index is 0.672. The molecule has 17 heavy (non-hydrogen) atoms. The van der Waals surface area contributed by atoms with E-state index in [1.165, 1.54) is 0 Å². The Labute approximate surface area is 112 Å². The van der Waals surface area contributed by atoms with Gasteiger partial charge < -0.3 is 10.2 Å². The summed E-state index contributed by atoms with van der Waals surface area (Å²) in [6.07, 6.45) is 0. The van der Waals surface area contributed by atoms with Crippen LogP contribution in [0.5, 0.6) is 0 Å². The SMILES string of the molecule is CCN(CC)CCNc1ccc(C#N)cc1Br. The lowest BCUT2D eigenvalue weighted by atomic mass is 10.2. The fourth-order valence-corrected chi connectivity index (χ4v) is 2.14. The molecule has 0 amide bonds. The van der Waals surface area contributed by atoms with Crippen molar-refractivity contribution in [1.82, 2.24) is 4.90 Å². The first-order chi connectivity index (χ1) is 8.21. The topological polar surface area (TPSA) is 39.1 Å². The predicted molar refractivity (Wildman–Crippen MR) is 75.1 cm³/mol. The standard InChI is InChI=1S/C13H18BrN3/c1-3-17(4-2)8-7-16-13-6-5-11(10-15)9-12(13)14/h5-6,9,16H,3-4,7-8H2,1-2H3. The summed E-state index contributed by atoms with van der Waals surface area (Å²) in [6, 6.07) is 7.71. The van der Waals surface area contributed by atoms with Gasteiger partial charge >= 0.3 is 0 Å². The number of nitrogens with zero attached hydrogens (tertiary/aromatic N) is 2. The third-order valence-electron chi connectivity index (χ3n) is 2.74. The molecule has 0 saturated carbocycles. The average Bonchev–Trinajstić information content (AvgIpc) is 2.36. The molecular formula is C13H18BrN3. The molecule has 0 aliphatic rings. The highest BCUT2D eigenvalue weighted by atomic mass is 79.9. The minimum Gasteiger partial charge on any atom is -0.383 e. The molecular weight excluding hydrogens is 278 g/mol. The molecule has 0 bridgehead atoms. The van der Waals surface area contributed by atoms with E-state index < -0.39 is 0 Å². The van der Waals surface area contributed by atoms with Crippen molar-refractivity contribution in [2.24, 2.45) is 0 Å². The Balaban J connectivity index is 2.50. The van der Waals surface area contributed by atoms with Crippen LogP contribution in [0.25, 0.3) is 0 Å². The van der Waals surface area contributed by atoms with Crippen LogP contribution in [0.1, 0.15) is 19.4 Å². The van der Waals surface area contributed by atoms with Crippen molar-refractivity contribution in [2.45, 2.75) is 13.8 Å². The van der Waals surface area contributed by atoms with Crippen molar-refractivity contribution in [3.05, 3.63) is 28.2 Å². The number of benzene rings is 1. The Kier molecular flexibility index (Phi) is 6.03. The third-order valence-corrected chi connectivity index (χ3v) is 3.39. The van der Waals surface area contributed by atoms with Gasteiger partial charge in [-0.05, 0) is 47.2 Å². The van der Waals surface area contributed by atoms with E-state index in [9.17, 15) is 0 Å². The fraction of sp³-hybridized carbons (Fsp3) is 0.462. The average molecular weight is 296 g/mol. The molecule has 0 fully saturated rings. The van der Waals surface area contributed by atoms with E-state index in [0.717, 1.165) is 36.3 Å². The normalized spacial score (nSPS) is 10.3. The van der Waals surface area contributed by atoms with Crippen LogP contribution < -0.4 is 5.32 Å². The number of halogens is 1. The number of hydrogen-bond acceptors (Lipinski definition) is 3. The molecule has 1 aromatic rings. The zero-order valence-corrected chi connectivity index (χ0v) is 11.9. The Bertz CT molecular complexity index is 394. The van der Waals surface area contributed by atoms with Crippen molar-refractivity contribution in [2.75, 3.05) is 31.5 Å². The van der Waals surface area contributed by atoms with Gasteiger partial charge in [0.25, 0.3) is 0 Å². The highest BCUT2D eigenvalue weighted by Crippen LogP contribution is 2.23. The van der Waals surface area contributed by atoms with Gasteiger partial charge in [0.15, 0.2) is 0 Å². The number of hydrogen-bond donors (Lipinski definition) is 1. The van der Waals surface area contributed by atoms with E-state index in [0.29, 0.717) is 5.56 Å². The maximum absolute atomic E-state index is 8.77. The van der Waals surface area contributed by atoms with Crippen LogP contribution in [0, 0.1) is 11.3 Å². The number of nitriles is 1. The number of rotatable bonds is 6. The fourth-order valence-electron chi connectivity index (χ4n) is 1.62. The van der Waals surface area contributed by atoms with Gasteiger partial charge in [0, 0.05) is 23.2 Å². The Hall–Kier alpha value is -1.05. The van der Waals surface area contributed by atoms with Crippen LogP contribution in [-0.2, 0) is 0 Å². The van der Waals surface area contributed by atoms with Crippen molar-refractivity contribution < 1.29 is 0 Å². The molecule has 3 nitrogen and oxygen atoms in total. The molecule has 4 heteroatoms. The minimum atomic E-state index is 0.672. The van der Waals surface area contributed by atoms with Gasteiger partial charge in [0.2, 0.25) is 0 Å². The van der Waals surface area contributed by atoms with Crippen LogP contribution in [0.2, 0.25) is 0 Å². The molecule has 1 aromatic carbocycles. The zero-order chi connectivity index (χ0) is 12.7. The molecule has 0 saturated heterocycles. The second kappa shape index (κ2) is 7.31. The summed E-state index contributed by atoms with van der Waals surface area (Å²) < 4.78 is 0.941. The van der Waals surface area contributed by atoms with E-state index in [4.69, 9.17) is 5.26 Å². The van der Waals surface area contributed by atoms with Crippen molar-refractivity contribution in [3.8, 4) is 6.07 Å². The van der Waals surface area contributed by atoms with Crippen LogP contribution in [0.15, 0.2) is 22.7 Å². The lowest BCUT2D eigenvalue weighted by Crippen LogP contribution is -2.28. The van der Waals surface area contributed by atoms with E-state index in [1.807, 2.05) is 18.2 Å². The van der Waals surface area contributed by atoms with Crippen molar-refractivity contribution in [1.29, 1.82) is 5.26 Å². The molecule has 0 radical (unpaired) electrons. The summed E-state index contributed by atoms with van der Waals surface area (Å²) in [5.41, 5.74) is 1.71. The van der Waals surface area contributed by atoms with Gasteiger partial charge in [-0.25, -0.2) is 0 Å². The molecule has 0 atom stereocenters. The largest absolute Gasteiger partial charge is 0.383 e. The van der Waals surface area contributed by atoms with Crippen LogP contribution >= 0.6 is 15.9 Å². The molecule has 0 aromatic heterocycles. The van der Waals surface area contributed by atoms with E-state index in [2.05, 4.69) is 46.1 Å². The molecule has 0 heterocycles. The molecule has 0 aliphatic carbocycles. The summed E-state index contributed by atoms with van der Waals surface area (Å²) >= 11 is 3.46. The second-order valence-electron chi connectivity index (χ2n) is 3.76. The molecule has 0 spiro atoms. The maximum Gasteiger partial charge on any atom is 0.0992 e. The van der Waals surface area contributed by atoms with E-state index in [1.54, 1.807) is 0 Å². The number of nitrogens with one attached hydrogen (secondary N) is 1. The van der Waals surface area contributed by atoms with Crippen LogP contribution in [-0.4, -0.2) is 31.1 Å². The van der Waals surface area contributed by atoms with Gasteiger partial charge in [-0.3, -0.25) is 0 Å². The Morgan fingerprint density at radius 3 is 2.59 bits per heavy atom. The van der Waals surface area contributed by atoms with Gasteiger partial charge in [-0.1, -0.05) is 13.8 Å². The highest BCUT2D eigenvalue weighted by Gasteiger charge is 2.02. The Morgan fingerprint density at radius 2 is 2.06 bits per heavy atom. The van der Waals surface area contributed by atoms with Crippen molar-refractivity contribution in [3.63, 3.8) is 0 Å². The first-order valence-electron chi connectivity index (χ1n) is 5.87. The third kappa shape index (κ3) is 4.37. The van der Waals surface area contributed by atoms with Gasteiger partial charge in [-0.2, -0.15) is 5.26 Å². The summed E-state index contributed by atoms with van der Waals surface area (Å²) in [5, 5.41) is 12.1.